The third-order valence-electron chi connectivity index (χ3n) is 7.67. The zero-order valence-corrected chi connectivity index (χ0v) is 22.3. The van der Waals surface area contributed by atoms with Gasteiger partial charge in [0.2, 0.25) is 0 Å². The zero-order valence-electron chi connectivity index (χ0n) is 18.3. The van der Waals surface area contributed by atoms with E-state index < -0.39 is 20.8 Å². The molecular weight excluding hydrogens is 462 g/mol. The average molecular weight is 509 g/mol. The Balaban J connectivity index is 0. The Morgan fingerprint density at radius 2 is 1.43 bits per heavy atom. The Hall–Kier alpha value is 0.943. The first kappa shape index (κ1) is 31.1. The summed E-state index contributed by atoms with van der Waals surface area (Å²) in [6, 6.07) is 0. The molecule has 164 valence electrons. The van der Waals surface area contributed by atoms with E-state index >= 15 is 0 Å². The molecule has 3 heteroatoms. The van der Waals surface area contributed by atoms with E-state index in [0.29, 0.717) is 5.41 Å². The van der Waals surface area contributed by atoms with Crippen LogP contribution < -0.4 is 0 Å². The van der Waals surface area contributed by atoms with E-state index in [-0.39, 0.29) is 22.3 Å². The van der Waals surface area contributed by atoms with Crippen LogP contribution in [-0.2, 0) is 20.8 Å². The van der Waals surface area contributed by atoms with Gasteiger partial charge in [-0.1, -0.05) is 78.2 Å². The maximum absolute atomic E-state index is 4.93. The Morgan fingerprint density at radius 3 is 1.89 bits per heavy atom. The average Bonchev–Trinajstić information content (AvgIpc) is 3.28. The summed E-state index contributed by atoms with van der Waals surface area (Å²) in [6.45, 7) is 7.35. The molecule has 3 rings (SSSR count). The number of rotatable bonds is 6. The normalized spacial score (nSPS) is 28.0. The van der Waals surface area contributed by atoms with E-state index in [1.807, 2.05) is 0 Å². The van der Waals surface area contributed by atoms with Gasteiger partial charge in [-0.25, -0.2) is 0 Å². The van der Waals surface area contributed by atoms with Crippen LogP contribution >= 0.6 is 17.0 Å². The van der Waals surface area contributed by atoms with Gasteiger partial charge in [-0.3, -0.25) is 0 Å². The molecule has 0 nitrogen and oxygen atoms in total. The molecule has 0 aliphatic heterocycles. The minimum absolute atomic E-state index is 0. The molecule has 3 aliphatic rings. The number of halogens is 2. The monoisotopic (exact) mass is 506 g/mol. The van der Waals surface area contributed by atoms with Crippen LogP contribution in [0.15, 0.2) is 24.3 Å². The van der Waals surface area contributed by atoms with Gasteiger partial charge in [0, 0.05) is 0 Å². The Bertz CT molecular complexity index is 436. The molecule has 0 radical (unpaired) electrons. The van der Waals surface area contributed by atoms with Crippen molar-refractivity contribution in [3.05, 3.63) is 39.2 Å². The van der Waals surface area contributed by atoms with Crippen molar-refractivity contribution >= 4 is 17.0 Å². The maximum atomic E-state index is 4.93. The summed E-state index contributed by atoms with van der Waals surface area (Å²) in [5.41, 5.74) is 0.622. The fraction of sp³-hybridized carbons (Fsp3) is 0.760. The second kappa shape index (κ2) is 15.7. The fourth-order valence-corrected chi connectivity index (χ4v) is 6.61. The first-order chi connectivity index (χ1) is 12.2. The standard InChI is InChI=1S/C22H36.CH4.2CH3.2ClH.Zr/c1-4-11-17-16-21(20-15-10-9-14-19(17)20)22(5-2,6-3)18-12-7-8-13-18;;;;;;/h9-10,14-15,17-21H,4-8,11-13,16H2,1-3H3;1H4;2*1H3;2*1H;/q;;2*-1;;;+4/p-2. The van der Waals surface area contributed by atoms with E-state index in [0.717, 1.165) is 29.6 Å². The van der Waals surface area contributed by atoms with Crippen LogP contribution in [0.1, 0.15) is 86.0 Å². The molecule has 0 aromatic rings. The number of hydrogen-bond acceptors (Lipinski definition) is 0. The SMILES string of the molecule is C.CCCC1CC(C(CC)(CC)C2CCCC2)C2C=CC=CC12.[CH3-].[CH3-].[Cl][Zr+2][Cl]. The van der Waals surface area contributed by atoms with E-state index in [2.05, 4.69) is 45.1 Å². The van der Waals surface area contributed by atoms with Gasteiger partial charge in [-0.05, 0) is 67.1 Å². The number of fused-ring (bicyclic) bond motifs is 1. The van der Waals surface area contributed by atoms with Gasteiger partial charge in [0.1, 0.15) is 0 Å². The van der Waals surface area contributed by atoms with Gasteiger partial charge in [0.25, 0.3) is 0 Å². The molecule has 0 spiro atoms. The van der Waals surface area contributed by atoms with Crippen molar-refractivity contribution < 1.29 is 20.8 Å². The second-order valence-corrected chi connectivity index (χ2v) is 12.0. The summed E-state index contributed by atoms with van der Waals surface area (Å²) in [5.74, 6) is 4.57. The minimum atomic E-state index is -0.826. The quantitative estimate of drug-likeness (QED) is 0.313. The fourth-order valence-electron chi connectivity index (χ4n) is 6.61. The van der Waals surface area contributed by atoms with Crippen LogP contribution in [0, 0.1) is 49.9 Å². The molecule has 0 saturated heterocycles. The zero-order chi connectivity index (χ0) is 18.3. The summed E-state index contributed by atoms with van der Waals surface area (Å²) < 4.78 is 0. The molecular formula is C25H46Cl2Zr. The summed E-state index contributed by atoms with van der Waals surface area (Å²) >= 11 is -0.826. The van der Waals surface area contributed by atoms with E-state index in [9.17, 15) is 0 Å². The molecule has 2 saturated carbocycles. The Morgan fingerprint density at radius 1 is 0.929 bits per heavy atom. The molecule has 0 heterocycles. The predicted molar refractivity (Wildman–Crippen MR) is 128 cm³/mol. The van der Waals surface area contributed by atoms with Crippen molar-refractivity contribution in [3.63, 3.8) is 0 Å². The Labute approximate surface area is 197 Å². The van der Waals surface area contributed by atoms with Crippen molar-refractivity contribution in [1.29, 1.82) is 0 Å². The van der Waals surface area contributed by atoms with Crippen molar-refractivity contribution in [2.45, 2.75) is 86.0 Å². The molecule has 3 aliphatic carbocycles. The molecule has 28 heavy (non-hydrogen) atoms. The number of hydrogen-bond donors (Lipinski definition) is 0. The summed E-state index contributed by atoms with van der Waals surface area (Å²) in [4.78, 5) is 0. The molecule has 0 amide bonds. The van der Waals surface area contributed by atoms with Gasteiger partial charge >= 0.3 is 37.9 Å². The van der Waals surface area contributed by atoms with Crippen LogP contribution in [0.4, 0.5) is 0 Å². The third kappa shape index (κ3) is 6.72. The van der Waals surface area contributed by atoms with Crippen LogP contribution in [0.3, 0.4) is 0 Å². The van der Waals surface area contributed by atoms with Crippen LogP contribution in [0.5, 0.6) is 0 Å². The van der Waals surface area contributed by atoms with Crippen LogP contribution in [-0.4, -0.2) is 0 Å². The van der Waals surface area contributed by atoms with Gasteiger partial charge in [-0.15, -0.1) is 0 Å². The molecule has 0 N–H and O–H groups in total. The van der Waals surface area contributed by atoms with Gasteiger partial charge in [-0.2, -0.15) is 0 Å². The van der Waals surface area contributed by atoms with Crippen molar-refractivity contribution in [1.82, 2.24) is 0 Å². The molecule has 2 fully saturated rings. The molecule has 0 bridgehead atoms. The van der Waals surface area contributed by atoms with E-state index in [1.54, 1.807) is 0 Å². The van der Waals surface area contributed by atoms with Gasteiger partial charge in [0.15, 0.2) is 0 Å². The summed E-state index contributed by atoms with van der Waals surface area (Å²) in [7, 11) is 9.87. The number of allylic oxidation sites excluding steroid dienone is 4. The first-order valence-electron chi connectivity index (χ1n) is 10.5. The van der Waals surface area contributed by atoms with E-state index in [1.165, 1.54) is 57.8 Å². The topological polar surface area (TPSA) is 0 Å². The van der Waals surface area contributed by atoms with E-state index in [4.69, 9.17) is 17.0 Å². The molecule has 4 atom stereocenters. The molecule has 4 unspecified atom stereocenters. The predicted octanol–water partition coefficient (Wildman–Crippen LogP) is 9.69. The second-order valence-electron chi connectivity index (χ2n) is 8.31. The van der Waals surface area contributed by atoms with Crippen LogP contribution in [0.25, 0.3) is 0 Å². The first-order valence-corrected chi connectivity index (χ1v) is 16.8. The summed E-state index contributed by atoms with van der Waals surface area (Å²) in [6.07, 6.45) is 22.9. The molecule has 0 aromatic heterocycles. The van der Waals surface area contributed by atoms with Crippen LogP contribution in [0.2, 0.25) is 0 Å². The third-order valence-corrected chi connectivity index (χ3v) is 7.67. The van der Waals surface area contributed by atoms with Gasteiger partial charge in [0.05, 0.1) is 0 Å². The summed E-state index contributed by atoms with van der Waals surface area (Å²) in [5, 5.41) is 0. The van der Waals surface area contributed by atoms with Gasteiger partial charge < -0.3 is 14.9 Å². The Kier molecular flexibility index (Phi) is 17.5. The van der Waals surface area contributed by atoms with Crippen molar-refractivity contribution in [3.8, 4) is 0 Å². The molecule has 0 aromatic carbocycles. The van der Waals surface area contributed by atoms with Crippen molar-refractivity contribution in [2.24, 2.45) is 35.0 Å². The van der Waals surface area contributed by atoms with Crippen molar-refractivity contribution in [2.75, 3.05) is 0 Å².